The maximum atomic E-state index is 13.8. The van der Waals surface area contributed by atoms with Gasteiger partial charge in [-0.15, -0.1) is 0 Å². The Balaban J connectivity index is 2.25. The van der Waals surface area contributed by atoms with E-state index in [0.717, 1.165) is 15.6 Å². The molecule has 0 fully saturated rings. The van der Waals surface area contributed by atoms with Crippen molar-refractivity contribution in [2.24, 2.45) is 5.73 Å². The molecule has 1 atom stereocenters. The fourth-order valence-corrected chi connectivity index (χ4v) is 2.53. The van der Waals surface area contributed by atoms with Gasteiger partial charge in [0.2, 0.25) is 0 Å². The summed E-state index contributed by atoms with van der Waals surface area (Å²) in [4.78, 5) is 0. The van der Waals surface area contributed by atoms with Crippen LogP contribution in [0, 0.1) is 19.7 Å². The van der Waals surface area contributed by atoms with Gasteiger partial charge in [0, 0.05) is 10.5 Å². The highest BCUT2D eigenvalue weighted by Gasteiger charge is 2.13. The van der Waals surface area contributed by atoms with Crippen LogP contribution in [0.3, 0.4) is 0 Å². The predicted molar refractivity (Wildman–Crippen MR) is 80.6 cm³/mol. The predicted octanol–water partition coefficient (Wildman–Crippen LogP) is 4.45. The summed E-state index contributed by atoms with van der Waals surface area (Å²) in [5.74, 6) is -0.213. The fraction of sp³-hybridized carbons (Fsp3) is 0.250. The quantitative estimate of drug-likeness (QED) is 0.888. The van der Waals surface area contributed by atoms with Crippen molar-refractivity contribution in [3.8, 4) is 0 Å². The second-order valence-electron chi connectivity index (χ2n) is 4.91. The normalized spacial score (nSPS) is 12.5. The number of hydrogen-bond donors (Lipinski definition) is 1. The highest BCUT2D eigenvalue weighted by molar-refractivity contribution is 9.10. The topological polar surface area (TPSA) is 26.0 Å². The molecule has 2 aromatic carbocycles. The van der Waals surface area contributed by atoms with Gasteiger partial charge in [-0.3, -0.25) is 0 Å². The second kappa shape index (κ2) is 5.85. The van der Waals surface area contributed by atoms with E-state index in [1.807, 2.05) is 19.9 Å². The first-order valence-electron chi connectivity index (χ1n) is 6.24. The lowest BCUT2D eigenvalue weighted by Crippen LogP contribution is -2.15. The highest BCUT2D eigenvalue weighted by Crippen LogP contribution is 2.23. The molecule has 19 heavy (non-hydrogen) atoms. The first-order valence-corrected chi connectivity index (χ1v) is 7.03. The molecule has 0 aromatic heterocycles. The molecule has 0 bridgehead atoms. The SMILES string of the molecule is Cc1ccc(C)c(C(N)Cc2ccc(Br)cc2F)c1. The average molecular weight is 322 g/mol. The Kier molecular flexibility index (Phi) is 4.38. The molecule has 0 aliphatic rings. The van der Waals surface area contributed by atoms with E-state index in [-0.39, 0.29) is 11.9 Å². The van der Waals surface area contributed by atoms with Crippen LogP contribution >= 0.6 is 15.9 Å². The summed E-state index contributed by atoms with van der Waals surface area (Å²) in [6, 6.07) is 11.1. The minimum atomic E-state index is -0.213. The Labute approximate surface area is 121 Å². The van der Waals surface area contributed by atoms with Crippen molar-refractivity contribution >= 4 is 15.9 Å². The van der Waals surface area contributed by atoms with Crippen LogP contribution in [-0.2, 0) is 6.42 Å². The van der Waals surface area contributed by atoms with Gasteiger partial charge in [0.15, 0.2) is 0 Å². The Hall–Kier alpha value is -1.19. The van der Waals surface area contributed by atoms with Crippen LogP contribution in [0.2, 0.25) is 0 Å². The molecule has 3 heteroatoms. The molecule has 1 unspecified atom stereocenters. The number of rotatable bonds is 3. The van der Waals surface area contributed by atoms with E-state index in [4.69, 9.17) is 5.73 Å². The smallest absolute Gasteiger partial charge is 0.127 e. The van der Waals surface area contributed by atoms with Crippen molar-refractivity contribution in [2.45, 2.75) is 26.3 Å². The molecule has 0 radical (unpaired) electrons. The van der Waals surface area contributed by atoms with Crippen molar-refractivity contribution < 1.29 is 4.39 Å². The van der Waals surface area contributed by atoms with E-state index in [1.54, 1.807) is 6.07 Å². The number of hydrogen-bond acceptors (Lipinski definition) is 1. The standard InChI is InChI=1S/C16H17BrFN/c1-10-3-4-11(2)14(7-10)16(19)8-12-5-6-13(17)9-15(12)18/h3-7,9,16H,8,19H2,1-2H3. The zero-order chi connectivity index (χ0) is 14.0. The van der Waals surface area contributed by atoms with Crippen molar-refractivity contribution in [3.63, 3.8) is 0 Å². The summed E-state index contributed by atoms with van der Waals surface area (Å²) in [5.41, 5.74) is 10.3. The van der Waals surface area contributed by atoms with Gasteiger partial charge in [-0.1, -0.05) is 45.8 Å². The monoisotopic (exact) mass is 321 g/mol. The molecule has 2 aromatic rings. The molecule has 0 amide bonds. The van der Waals surface area contributed by atoms with Crippen LogP contribution < -0.4 is 5.73 Å². The van der Waals surface area contributed by atoms with Gasteiger partial charge in [-0.05, 0) is 49.1 Å². The molecule has 1 nitrogen and oxygen atoms in total. The first kappa shape index (κ1) is 14.2. The van der Waals surface area contributed by atoms with Crippen molar-refractivity contribution in [1.29, 1.82) is 0 Å². The Morgan fingerprint density at radius 2 is 1.89 bits per heavy atom. The highest BCUT2D eigenvalue weighted by atomic mass is 79.9. The van der Waals surface area contributed by atoms with Gasteiger partial charge < -0.3 is 5.73 Å². The van der Waals surface area contributed by atoms with Crippen molar-refractivity contribution in [1.82, 2.24) is 0 Å². The molecule has 2 rings (SSSR count). The largest absolute Gasteiger partial charge is 0.324 e. The molecule has 0 heterocycles. The maximum Gasteiger partial charge on any atom is 0.127 e. The van der Waals surface area contributed by atoms with Gasteiger partial charge in [0.05, 0.1) is 0 Å². The number of nitrogens with two attached hydrogens (primary N) is 1. The number of aryl methyl sites for hydroxylation is 2. The third-order valence-electron chi connectivity index (χ3n) is 3.29. The Bertz CT molecular complexity index is 595. The van der Waals surface area contributed by atoms with Gasteiger partial charge >= 0.3 is 0 Å². The first-order chi connectivity index (χ1) is 8.97. The van der Waals surface area contributed by atoms with Crippen LogP contribution in [0.25, 0.3) is 0 Å². The minimum Gasteiger partial charge on any atom is -0.324 e. The molecule has 2 N–H and O–H groups in total. The van der Waals surface area contributed by atoms with E-state index in [9.17, 15) is 4.39 Å². The Morgan fingerprint density at radius 3 is 2.58 bits per heavy atom. The molecular weight excluding hydrogens is 305 g/mol. The molecule has 0 aliphatic heterocycles. The maximum absolute atomic E-state index is 13.8. The van der Waals surface area contributed by atoms with E-state index in [2.05, 4.69) is 34.1 Å². The number of halogens is 2. The van der Waals surface area contributed by atoms with Crippen LogP contribution in [0.15, 0.2) is 40.9 Å². The molecule has 0 saturated heterocycles. The third-order valence-corrected chi connectivity index (χ3v) is 3.78. The number of benzene rings is 2. The molecule has 0 aliphatic carbocycles. The summed E-state index contributed by atoms with van der Waals surface area (Å²) in [6.45, 7) is 4.07. The van der Waals surface area contributed by atoms with E-state index < -0.39 is 0 Å². The summed E-state index contributed by atoms with van der Waals surface area (Å²) >= 11 is 3.26. The fourth-order valence-electron chi connectivity index (χ4n) is 2.19. The van der Waals surface area contributed by atoms with Crippen LogP contribution in [0.4, 0.5) is 4.39 Å². The lowest BCUT2D eigenvalue weighted by Gasteiger charge is -2.16. The lowest BCUT2D eigenvalue weighted by molar-refractivity contribution is 0.592. The van der Waals surface area contributed by atoms with Crippen LogP contribution in [-0.4, -0.2) is 0 Å². The van der Waals surface area contributed by atoms with Crippen molar-refractivity contribution in [2.75, 3.05) is 0 Å². The molecule has 0 saturated carbocycles. The average Bonchev–Trinajstić information content (AvgIpc) is 2.35. The minimum absolute atomic E-state index is 0.185. The van der Waals surface area contributed by atoms with Crippen LogP contribution in [0.5, 0.6) is 0 Å². The zero-order valence-corrected chi connectivity index (χ0v) is 12.7. The third kappa shape index (κ3) is 3.43. The second-order valence-corrected chi connectivity index (χ2v) is 5.82. The van der Waals surface area contributed by atoms with Crippen LogP contribution in [0.1, 0.15) is 28.3 Å². The van der Waals surface area contributed by atoms with Gasteiger partial charge in [-0.2, -0.15) is 0 Å². The lowest BCUT2D eigenvalue weighted by atomic mass is 9.94. The summed E-state index contributed by atoms with van der Waals surface area (Å²) in [7, 11) is 0. The van der Waals surface area contributed by atoms with Gasteiger partial charge in [-0.25, -0.2) is 4.39 Å². The van der Waals surface area contributed by atoms with Crippen molar-refractivity contribution in [3.05, 3.63) is 68.9 Å². The molecule has 100 valence electrons. The van der Waals surface area contributed by atoms with E-state index in [0.29, 0.717) is 12.0 Å². The summed E-state index contributed by atoms with van der Waals surface area (Å²) in [5, 5.41) is 0. The van der Waals surface area contributed by atoms with E-state index >= 15 is 0 Å². The summed E-state index contributed by atoms with van der Waals surface area (Å²) < 4.78 is 14.6. The van der Waals surface area contributed by atoms with E-state index in [1.165, 1.54) is 11.6 Å². The molecule has 0 spiro atoms. The Morgan fingerprint density at radius 1 is 1.16 bits per heavy atom. The molecular formula is C16H17BrFN. The van der Waals surface area contributed by atoms with Gasteiger partial charge in [0.1, 0.15) is 5.82 Å². The van der Waals surface area contributed by atoms with Gasteiger partial charge in [0.25, 0.3) is 0 Å². The zero-order valence-electron chi connectivity index (χ0n) is 11.1. The summed E-state index contributed by atoms with van der Waals surface area (Å²) in [6.07, 6.45) is 0.503.